The largest absolute Gasteiger partial charge is 0.412 e. The van der Waals surface area contributed by atoms with Crippen molar-refractivity contribution in [2.75, 3.05) is 0 Å². The van der Waals surface area contributed by atoms with Crippen LogP contribution in [0.3, 0.4) is 0 Å². The molecule has 0 nitrogen and oxygen atoms in total. The maximum absolute atomic E-state index is 13.9. The topological polar surface area (TPSA) is 0 Å². The summed E-state index contributed by atoms with van der Waals surface area (Å²) in [5, 5.41) is 0. The van der Waals surface area contributed by atoms with Crippen LogP contribution in [0.15, 0.2) is 36.2 Å². The first-order valence-corrected chi connectivity index (χ1v) is 15.8. The van der Waals surface area contributed by atoms with E-state index in [1.807, 2.05) is 0 Å². The first kappa shape index (κ1) is 29.7. The molecule has 0 spiro atoms. The Bertz CT molecular complexity index is 830. The number of hydrogen-bond acceptors (Lipinski definition) is 0. The highest BCUT2D eigenvalue weighted by Gasteiger charge is 2.34. The van der Waals surface area contributed by atoms with Crippen LogP contribution < -0.4 is 0 Å². The fraction of sp³-hybridized carbons (Fsp3) is 0.765. The predicted molar refractivity (Wildman–Crippen MR) is 150 cm³/mol. The Kier molecular flexibility index (Phi) is 11.2. The van der Waals surface area contributed by atoms with Crippen molar-refractivity contribution in [1.82, 2.24) is 0 Å². The number of unbranched alkanes of at least 4 members (excludes halogenated alkanes) is 2. The average Bonchev–Trinajstić information content (AvgIpc) is 2.92. The molecule has 4 heteroatoms. The van der Waals surface area contributed by atoms with Crippen molar-refractivity contribution in [1.29, 1.82) is 0 Å². The molecule has 0 atom stereocenters. The zero-order valence-electron chi connectivity index (χ0n) is 23.6. The van der Waals surface area contributed by atoms with Crippen molar-refractivity contribution in [2.45, 2.75) is 135 Å². The Hall–Kier alpha value is -1.32. The van der Waals surface area contributed by atoms with E-state index in [9.17, 15) is 17.6 Å². The summed E-state index contributed by atoms with van der Waals surface area (Å²) < 4.78 is 51.4. The lowest BCUT2D eigenvalue weighted by Gasteiger charge is -2.37. The van der Waals surface area contributed by atoms with Crippen molar-refractivity contribution in [3.8, 4) is 0 Å². The minimum atomic E-state index is -4.55. The van der Waals surface area contributed by atoms with Crippen LogP contribution in [0, 0.1) is 29.6 Å². The molecule has 3 saturated carbocycles. The molecule has 3 aliphatic rings. The normalized spacial score (nSPS) is 31.3. The van der Waals surface area contributed by atoms with Crippen LogP contribution in [0.4, 0.5) is 17.6 Å². The van der Waals surface area contributed by atoms with E-state index < -0.39 is 17.9 Å². The van der Waals surface area contributed by atoms with E-state index in [1.54, 1.807) is 5.56 Å². The third kappa shape index (κ3) is 9.12. The van der Waals surface area contributed by atoms with Gasteiger partial charge in [-0.1, -0.05) is 69.7 Å². The Morgan fingerprint density at radius 2 is 1.29 bits per heavy atom. The van der Waals surface area contributed by atoms with Crippen LogP contribution in [0.1, 0.15) is 133 Å². The van der Waals surface area contributed by atoms with E-state index in [1.165, 1.54) is 89.0 Å². The summed E-state index contributed by atoms with van der Waals surface area (Å²) in [6.07, 6.45) is 16.8. The van der Waals surface area contributed by atoms with Crippen LogP contribution >= 0.6 is 0 Å². The molecule has 0 N–H and O–H groups in total. The SMILES string of the molecule is CCCCCC1CCC(c2ccc(CCC3CCC(C4CCC(C(F)=CC(F)(F)F)CC4)CC3)cc2)CC1. The lowest BCUT2D eigenvalue weighted by molar-refractivity contribution is -0.0821. The zero-order valence-corrected chi connectivity index (χ0v) is 23.6. The molecule has 38 heavy (non-hydrogen) atoms. The lowest BCUT2D eigenvalue weighted by Crippen LogP contribution is -2.26. The quantitative estimate of drug-likeness (QED) is 0.207. The predicted octanol–water partition coefficient (Wildman–Crippen LogP) is 11.5. The molecule has 0 unspecified atom stereocenters. The van der Waals surface area contributed by atoms with Gasteiger partial charge in [0.1, 0.15) is 5.83 Å². The van der Waals surface area contributed by atoms with Crippen LogP contribution in [-0.2, 0) is 6.42 Å². The second-order valence-corrected chi connectivity index (χ2v) is 13.0. The first-order valence-electron chi connectivity index (χ1n) is 15.8. The maximum atomic E-state index is 13.9. The van der Waals surface area contributed by atoms with Crippen molar-refractivity contribution >= 4 is 0 Å². The summed E-state index contributed by atoms with van der Waals surface area (Å²) in [5.41, 5.74) is 3.01. The smallest absolute Gasteiger partial charge is 0.212 e. The average molecular weight is 535 g/mol. The molecule has 0 aliphatic heterocycles. The Balaban J connectivity index is 1.12. The van der Waals surface area contributed by atoms with Crippen LogP contribution in [0.5, 0.6) is 0 Å². The van der Waals surface area contributed by atoms with Crippen molar-refractivity contribution in [3.05, 3.63) is 47.3 Å². The van der Waals surface area contributed by atoms with Gasteiger partial charge >= 0.3 is 6.18 Å². The Morgan fingerprint density at radius 1 is 0.737 bits per heavy atom. The van der Waals surface area contributed by atoms with Gasteiger partial charge in [0.2, 0.25) is 0 Å². The number of rotatable bonds is 10. The molecule has 1 aromatic carbocycles. The van der Waals surface area contributed by atoms with E-state index in [-0.39, 0.29) is 6.08 Å². The highest BCUT2D eigenvalue weighted by Crippen LogP contribution is 2.44. The summed E-state index contributed by atoms with van der Waals surface area (Å²) in [5.74, 6) is 2.28. The van der Waals surface area contributed by atoms with Gasteiger partial charge in [0.15, 0.2) is 0 Å². The van der Waals surface area contributed by atoms with Gasteiger partial charge in [-0.25, -0.2) is 4.39 Å². The van der Waals surface area contributed by atoms with Gasteiger partial charge in [-0.05, 0) is 118 Å². The molecule has 0 heterocycles. The van der Waals surface area contributed by atoms with Crippen molar-refractivity contribution < 1.29 is 17.6 Å². The molecule has 3 fully saturated rings. The first-order chi connectivity index (χ1) is 18.3. The fourth-order valence-corrected chi connectivity index (χ4v) is 7.88. The summed E-state index contributed by atoms with van der Waals surface area (Å²) in [7, 11) is 0. The van der Waals surface area contributed by atoms with E-state index >= 15 is 0 Å². The molecular formula is C34H50F4. The van der Waals surface area contributed by atoms with E-state index in [0.717, 1.165) is 37.0 Å². The number of allylic oxidation sites excluding steroid dienone is 2. The summed E-state index contributed by atoms with van der Waals surface area (Å²) >= 11 is 0. The molecule has 0 radical (unpaired) electrons. The Labute approximate surface area is 229 Å². The second-order valence-electron chi connectivity index (χ2n) is 13.0. The zero-order chi connectivity index (χ0) is 27.0. The molecule has 4 rings (SSSR count). The molecule has 1 aromatic rings. The molecule has 0 bridgehead atoms. The van der Waals surface area contributed by atoms with E-state index in [0.29, 0.717) is 24.7 Å². The van der Waals surface area contributed by atoms with Gasteiger partial charge in [0.25, 0.3) is 0 Å². The third-order valence-corrected chi connectivity index (χ3v) is 10.4. The maximum Gasteiger partial charge on any atom is 0.412 e. The van der Waals surface area contributed by atoms with Gasteiger partial charge in [-0.3, -0.25) is 0 Å². The summed E-state index contributed by atoms with van der Waals surface area (Å²) in [4.78, 5) is 0. The molecular weight excluding hydrogens is 484 g/mol. The summed E-state index contributed by atoms with van der Waals surface area (Å²) in [6, 6.07) is 9.55. The van der Waals surface area contributed by atoms with E-state index in [4.69, 9.17) is 0 Å². The number of benzene rings is 1. The Morgan fingerprint density at radius 3 is 1.87 bits per heavy atom. The van der Waals surface area contributed by atoms with Gasteiger partial charge in [-0.15, -0.1) is 0 Å². The highest BCUT2D eigenvalue weighted by atomic mass is 19.4. The van der Waals surface area contributed by atoms with Crippen LogP contribution in [0.2, 0.25) is 0 Å². The number of aryl methyl sites for hydroxylation is 1. The molecule has 0 saturated heterocycles. The molecule has 0 aromatic heterocycles. The minimum Gasteiger partial charge on any atom is -0.212 e. The summed E-state index contributed by atoms with van der Waals surface area (Å²) in [6.45, 7) is 2.29. The standard InChI is InChI=1S/C34H50F4/c1-2-3-4-5-25-8-14-28(15-9-25)29-16-10-26(11-17-29)6-7-27-12-18-30(19-13-27)31-20-22-32(23-21-31)33(35)24-34(36,37)38/h10-11,16-17,24-25,27-28,30-32H,2-9,12-15,18-23H2,1H3. The number of alkyl halides is 3. The molecule has 0 amide bonds. The minimum absolute atomic E-state index is 0.128. The van der Waals surface area contributed by atoms with Gasteiger partial charge in [-0.2, -0.15) is 13.2 Å². The van der Waals surface area contributed by atoms with Gasteiger partial charge in [0, 0.05) is 5.92 Å². The highest BCUT2D eigenvalue weighted by molar-refractivity contribution is 5.26. The second kappa shape index (κ2) is 14.4. The van der Waals surface area contributed by atoms with Crippen LogP contribution in [0.25, 0.3) is 0 Å². The van der Waals surface area contributed by atoms with Crippen molar-refractivity contribution in [2.24, 2.45) is 29.6 Å². The van der Waals surface area contributed by atoms with Crippen molar-refractivity contribution in [3.63, 3.8) is 0 Å². The third-order valence-electron chi connectivity index (χ3n) is 10.4. The van der Waals surface area contributed by atoms with E-state index in [2.05, 4.69) is 31.2 Å². The number of hydrogen-bond donors (Lipinski definition) is 0. The molecule has 214 valence electrons. The van der Waals surface area contributed by atoms with Gasteiger partial charge in [0.05, 0.1) is 6.08 Å². The lowest BCUT2D eigenvalue weighted by atomic mass is 9.68. The van der Waals surface area contributed by atoms with Crippen LogP contribution in [-0.4, -0.2) is 6.18 Å². The number of halogens is 4. The van der Waals surface area contributed by atoms with Gasteiger partial charge < -0.3 is 0 Å². The monoisotopic (exact) mass is 534 g/mol. The fourth-order valence-electron chi connectivity index (χ4n) is 7.88. The molecule has 3 aliphatic carbocycles.